The van der Waals surface area contributed by atoms with E-state index in [9.17, 15) is 13.6 Å². The number of benzene rings is 1. The number of hydrogen-bond acceptors (Lipinski definition) is 4. The van der Waals surface area contributed by atoms with Gasteiger partial charge < -0.3 is 14.4 Å². The molecule has 1 aliphatic heterocycles. The summed E-state index contributed by atoms with van der Waals surface area (Å²) in [7, 11) is 2.55. The van der Waals surface area contributed by atoms with Gasteiger partial charge in [-0.3, -0.25) is 9.78 Å². The van der Waals surface area contributed by atoms with Gasteiger partial charge in [-0.2, -0.15) is 0 Å². The maximum Gasteiger partial charge on any atom is 0.238 e. The summed E-state index contributed by atoms with van der Waals surface area (Å²) in [6, 6.07) is 2.95. The number of pyridine rings is 1. The number of hydrogen-bond donors (Lipinski definition) is 0. The molecule has 0 unspecified atom stereocenters. The van der Waals surface area contributed by atoms with Crippen molar-refractivity contribution in [2.24, 2.45) is 0 Å². The molecule has 0 N–H and O–H groups in total. The smallest absolute Gasteiger partial charge is 0.238 e. The number of carbonyl (C=O) groups is 1. The van der Waals surface area contributed by atoms with Gasteiger partial charge in [0.1, 0.15) is 5.69 Å². The van der Waals surface area contributed by atoms with Crippen LogP contribution in [0.2, 0.25) is 0 Å². The molecule has 1 fully saturated rings. The van der Waals surface area contributed by atoms with E-state index in [1.165, 1.54) is 14.2 Å². The van der Waals surface area contributed by atoms with Crippen molar-refractivity contribution in [3.8, 4) is 11.5 Å². The van der Waals surface area contributed by atoms with Crippen LogP contribution >= 0.6 is 0 Å². The molecule has 7 heteroatoms. The van der Waals surface area contributed by atoms with Crippen molar-refractivity contribution in [3.63, 3.8) is 0 Å². The van der Waals surface area contributed by atoms with Crippen molar-refractivity contribution in [1.29, 1.82) is 0 Å². The molecule has 0 bridgehead atoms. The fourth-order valence-corrected chi connectivity index (χ4v) is 3.53. The second-order valence-electron chi connectivity index (χ2n) is 6.26. The molecule has 4 rings (SSSR count). The first-order valence-corrected chi connectivity index (χ1v) is 7.89. The monoisotopic (exact) mass is 346 g/mol. The molecule has 25 heavy (non-hydrogen) atoms. The fourth-order valence-electron chi connectivity index (χ4n) is 3.53. The van der Waals surface area contributed by atoms with Crippen LogP contribution in [0.1, 0.15) is 24.0 Å². The normalized spacial score (nSPS) is 17.4. The lowest BCUT2D eigenvalue weighted by atomic mass is 9.87. The standard InChI is InChI=1S/C18H16F2N2O3/c1-24-12-7-13(25-2)15(20)16(14(12)19)22-9-10-8-21-6-3-11(10)18(4-5-18)17(22)23/h3,6-8H,4-5,9H2,1-2H3. The number of carbonyl (C=O) groups excluding carboxylic acids is 1. The number of halogens is 2. The van der Waals surface area contributed by atoms with Gasteiger partial charge in [0.25, 0.3) is 0 Å². The van der Waals surface area contributed by atoms with E-state index in [2.05, 4.69) is 4.98 Å². The van der Waals surface area contributed by atoms with Gasteiger partial charge in [0, 0.05) is 18.5 Å². The van der Waals surface area contributed by atoms with E-state index in [1.807, 2.05) is 6.07 Å². The Bertz CT molecular complexity index is 853. The Morgan fingerprint density at radius 1 is 1.16 bits per heavy atom. The highest BCUT2D eigenvalue weighted by Crippen LogP contribution is 2.54. The van der Waals surface area contributed by atoms with Crippen molar-refractivity contribution in [3.05, 3.63) is 47.3 Å². The summed E-state index contributed by atoms with van der Waals surface area (Å²) in [6.45, 7) is 0.0495. The van der Waals surface area contributed by atoms with Gasteiger partial charge in [0.2, 0.25) is 5.91 Å². The Morgan fingerprint density at radius 3 is 2.36 bits per heavy atom. The van der Waals surface area contributed by atoms with Crippen molar-refractivity contribution < 1.29 is 23.0 Å². The Labute approximate surface area is 143 Å². The van der Waals surface area contributed by atoms with Crippen molar-refractivity contribution in [1.82, 2.24) is 4.98 Å². The van der Waals surface area contributed by atoms with Crippen LogP contribution in [0.25, 0.3) is 0 Å². The third-order valence-corrected chi connectivity index (χ3v) is 4.97. The zero-order chi connectivity index (χ0) is 17.8. The van der Waals surface area contributed by atoms with Crippen LogP contribution in [0.15, 0.2) is 24.5 Å². The molecule has 1 spiro atoms. The Morgan fingerprint density at radius 2 is 1.80 bits per heavy atom. The van der Waals surface area contributed by atoms with E-state index in [0.29, 0.717) is 12.8 Å². The minimum absolute atomic E-state index is 0.0495. The minimum atomic E-state index is -0.919. The van der Waals surface area contributed by atoms with E-state index in [1.54, 1.807) is 12.4 Å². The number of nitrogens with zero attached hydrogens (tertiary/aromatic N) is 2. The van der Waals surface area contributed by atoms with Gasteiger partial charge >= 0.3 is 0 Å². The van der Waals surface area contributed by atoms with Gasteiger partial charge in [0.05, 0.1) is 26.2 Å². The lowest BCUT2D eigenvalue weighted by molar-refractivity contribution is -0.121. The Kier molecular flexibility index (Phi) is 3.42. The topological polar surface area (TPSA) is 51.7 Å². The van der Waals surface area contributed by atoms with Gasteiger partial charge in [-0.15, -0.1) is 0 Å². The molecule has 1 aromatic carbocycles. The van der Waals surface area contributed by atoms with Gasteiger partial charge in [-0.25, -0.2) is 8.78 Å². The molecule has 1 aliphatic carbocycles. The number of amides is 1. The summed E-state index contributed by atoms with van der Waals surface area (Å²) in [4.78, 5) is 18.3. The molecule has 0 saturated heterocycles. The molecule has 5 nitrogen and oxygen atoms in total. The predicted octanol–water partition coefficient (Wildman–Crippen LogP) is 2.96. The lowest BCUT2D eigenvalue weighted by Gasteiger charge is -2.34. The maximum atomic E-state index is 14.8. The molecule has 1 saturated carbocycles. The highest BCUT2D eigenvalue weighted by atomic mass is 19.1. The number of methoxy groups -OCH3 is 2. The molecular formula is C18H16F2N2O3. The molecule has 2 aliphatic rings. The molecule has 2 aromatic rings. The molecule has 0 radical (unpaired) electrons. The van der Waals surface area contributed by atoms with E-state index in [4.69, 9.17) is 9.47 Å². The van der Waals surface area contributed by atoms with E-state index < -0.39 is 22.7 Å². The van der Waals surface area contributed by atoms with Gasteiger partial charge in [-0.1, -0.05) is 0 Å². The summed E-state index contributed by atoms with van der Waals surface area (Å²) < 4.78 is 39.6. The van der Waals surface area contributed by atoms with Crippen LogP contribution in [0.5, 0.6) is 11.5 Å². The van der Waals surface area contributed by atoms with E-state index >= 15 is 0 Å². The summed E-state index contributed by atoms with van der Waals surface area (Å²) in [5.74, 6) is -2.50. The highest BCUT2D eigenvalue weighted by Gasteiger charge is 2.57. The molecule has 130 valence electrons. The second kappa shape index (κ2) is 5.40. The third kappa shape index (κ3) is 2.11. The number of anilines is 1. The van der Waals surface area contributed by atoms with Crippen LogP contribution in [0.4, 0.5) is 14.5 Å². The molecule has 1 aromatic heterocycles. The quantitative estimate of drug-likeness (QED) is 0.857. The third-order valence-electron chi connectivity index (χ3n) is 4.97. The number of fused-ring (bicyclic) bond motifs is 2. The molecular weight excluding hydrogens is 330 g/mol. The summed E-state index contributed by atoms with van der Waals surface area (Å²) in [5.41, 5.74) is 0.549. The largest absolute Gasteiger partial charge is 0.493 e. The van der Waals surface area contributed by atoms with Crippen LogP contribution in [-0.2, 0) is 16.8 Å². The van der Waals surface area contributed by atoms with Crippen LogP contribution in [0, 0.1) is 11.6 Å². The van der Waals surface area contributed by atoms with Crippen molar-refractivity contribution in [2.45, 2.75) is 24.8 Å². The van der Waals surface area contributed by atoms with E-state index in [-0.39, 0.29) is 24.0 Å². The lowest BCUT2D eigenvalue weighted by Crippen LogP contribution is -2.44. The van der Waals surface area contributed by atoms with Crippen LogP contribution in [0.3, 0.4) is 0 Å². The maximum absolute atomic E-state index is 14.8. The minimum Gasteiger partial charge on any atom is -0.493 e. The molecule has 1 amide bonds. The fraction of sp³-hybridized carbons (Fsp3) is 0.333. The first-order chi connectivity index (χ1) is 12.0. The van der Waals surface area contributed by atoms with Crippen molar-refractivity contribution in [2.75, 3.05) is 19.1 Å². The Hall–Kier alpha value is -2.70. The van der Waals surface area contributed by atoms with Crippen LogP contribution < -0.4 is 14.4 Å². The summed E-state index contributed by atoms with van der Waals surface area (Å²) in [6.07, 6.45) is 4.59. The first kappa shape index (κ1) is 15.8. The zero-order valence-corrected chi connectivity index (χ0v) is 13.8. The highest BCUT2D eigenvalue weighted by molar-refractivity contribution is 6.05. The zero-order valence-electron chi connectivity index (χ0n) is 13.8. The molecule has 2 heterocycles. The number of ether oxygens (including phenoxy) is 2. The van der Waals surface area contributed by atoms with E-state index in [0.717, 1.165) is 22.1 Å². The average molecular weight is 346 g/mol. The first-order valence-electron chi connectivity index (χ1n) is 7.89. The predicted molar refractivity (Wildman–Crippen MR) is 85.8 cm³/mol. The van der Waals surface area contributed by atoms with Crippen LogP contribution in [-0.4, -0.2) is 25.1 Å². The Balaban J connectivity index is 1.90. The van der Waals surface area contributed by atoms with Gasteiger partial charge in [-0.05, 0) is 30.0 Å². The SMILES string of the molecule is COc1cc(OC)c(F)c(N2Cc3cnccc3C3(CC3)C2=O)c1F. The van der Waals surface area contributed by atoms with Gasteiger partial charge in [0.15, 0.2) is 23.1 Å². The summed E-state index contributed by atoms with van der Waals surface area (Å²) >= 11 is 0. The second-order valence-corrected chi connectivity index (χ2v) is 6.26. The van der Waals surface area contributed by atoms with Crippen molar-refractivity contribution >= 4 is 11.6 Å². The summed E-state index contributed by atoms with van der Waals surface area (Å²) in [5, 5.41) is 0. The number of rotatable bonds is 3. The molecule has 0 atom stereocenters. The average Bonchev–Trinajstić information content (AvgIpc) is 3.41. The number of aromatic nitrogens is 1.